The summed E-state index contributed by atoms with van der Waals surface area (Å²) in [4.78, 5) is 6.68. The first-order chi connectivity index (χ1) is 8.83. The lowest BCUT2D eigenvalue weighted by Crippen LogP contribution is -2.45. The zero-order valence-electron chi connectivity index (χ0n) is 10.6. The Morgan fingerprint density at radius 2 is 2.44 bits per heavy atom. The summed E-state index contributed by atoms with van der Waals surface area (Å²) in [6.45, 7) is 4.77. The normalized spacial score (nSPS) is 28.1. The predicted molar refractivity (Wildman–Crippen MR) is 67.6 cm³/mol. The van der Waals surface area contributed by atoms with Crippen molar-refractivity contribution in [2.24, 2.45) is 0 Å². The van der Waals surface area contributed by atoms with Gasteiger partial charge in [-0.2, -0.15) is 0 Å². The van der Waals surface area contributed by atoms with Crippen LogP contribution in [0.25, 0.3) is 0 Å². The van der Waals surface area contributed by atoms with Crippen molar-refractivity contribution in [2.75, 3.05) is 33.4 Å². The summed E-state index contributed by atoms with van der Waals surface area (Å²) < 4.78 is 10.8. The number of hydrogen-bond donors (Lipinski definition) is 1. The van der Waals surface area contributed by atoms with Gasteiger partial charge in [-0.1, -0.05) is 6.07 Å². The zero-order chi connectivity index (χ0) is 12.4. The molecule has 0 radical (unpaired) electrons. The molecule has 0 aliphatic carbocycles. The molecule has 0 amide bonds. The molecule has 5 nitrogen and oxygen atoms in total. The van der Waals surface area contributed by atoms with Gasteiger partial charge in [0.1, 0.15) is 0 Å². The number of hydrogen-bond acceptors (Lipinski definition) is 5. The van der Waals surface area contributed by atoms with Gasteiger partial charge < -0.3 is 14.8 Å². The van der Waals surface area contributed by atoms with Gasteiger partial charge in [-0.3, -0.25) is 4.90 Å². The molecule has 2 atom stereocenters. The molecule has 3 aliphatic rings. The van der Waals surface area contributed by atoms with Gasteiger partial charge in [0.25, 0.3) is 0 Å². The van der Waals surface area contributed by atoms with E-state index < -0.39 is 0 Å². The minimum absolute atomic E-state index is 0.329. The maximum Gasteiger partial charge on any atom is 0.212 e. The van der Waals surface area contributed by atoms with Crippen LogP contribution in [0.3, 0.4) is 0 Å². The summed E-state index contributed by atoms with van der Waals surface area (Å²) in [6, 6.07) is 4.46. The maximum atomic E-state index is 5.77. The van der Waals surface area contributed by atoms with Crippen LogP contribution in [0.5, 0.6) is 5.88 Å². The van der Waals surface area contributed by atoms with E-state index in [1.165, 1.54) is 5.56 Å². The first-order valence-corrected chi connectivity index (χ1v) is 6.40. The van der Waals surface area contributed by atoms with E-state index in [1.807, 2.05) is 12.3 Å². The topological polar surface area (TPSA) is 46.6 Å². The van der Waals surface area contributed by atoms with E-state index in [2.05, 4.69) is 21.3 Å². The summed E-state index contributed by atoms with van der Waals surface area (Å²) in [7, 11) is 1.64. The molecule has 3 aliphatic heterocycles. The highest BCUT2D eigenvalue weighted by atomic mass is 16.5. The van der Waals surface area contributed by atoms with Gasteiger partial charge in [0.2, 0.25) is 5.88 Å². The highest BCUT2D eigenvalue weighted by molar-refractivity contribution is 5.17. The number of nitrogens with one attached hydrogen (secondary N) is 1. The van der Waals surface area contributed by atoms with Crippen molar-refractivity contribution in [1.82, 2.24) is 15.2 Å². The molecule has 0 spiro atoms. The molecule has 3 saturated heterocycles. The number of ether oxygens (including phenoxy) is 2. The largest absolute Gasteiger partial charge is 0.481 e. The second-order valence-corrected chi connectivity index (χ2v) is 4.96. The fraction of sp³-hybridized carbons (Fsp3) is 0.615. The minimum atomic E-state index is 0.329. The molecule has 1 unspecified atom stereocenters. The predicted octanol–water partition coefficient (Wildman–Crippen LogP) is 0.263. The number of methoxy groups -OCH3 is 1. The molecule has 1 aromatic heterocycles. The monoisotopic (exact) mass is 249 g/mol. The molecule has 0 aromatic carbocycles. The van der Waals surface area contributed by atoms with Crippen LogP contribution < -0.4 is 10.1 Å². The van der Waals surface area contributed by atoms with Crippen molar-refractivity contribution >= 4 is 0 Å². The molecule has 98 valence electrons. The molecule has 4 rings (SSSR count). The summed E-state index contributed by atoms with van der Waals surface area (Å²) in [5.41, 5.74) is 1.22. The SMILES string of the molecule is COc1ccc(CN2CC3CN[C@@H](CO3)C2)cn1. The summed E-state index contributed by atoms with van der Waals surface area (Å²) >= 11 is 0. The molecule has 1 aromatic rings. The molecule has 18 heavy (non-hydrogen) atoms. The van der Waals surface area contributed by atoms with E-state index in [0.29, 0.717) is 18.0 Å². The number of pyridine rings is 1. The molecule has 5 heteroatoms. The van der Waals surface area contributed by atoms with E-state index in [1.54, 1.807) is 7.11 Å². The van der Waals surface area contributed by atoms with Gasteiger partial charge in [0.05, 0.1) is 19.8 Å². The third-order valence-electron chi connectivity index (χ3n) is 3.52. The second kappa shape index (κ2) is 5.22. The number of fused-ring (bicyclic) bond motifs is 4. The second-order valence-electron chi connectivity index (χ2n) is 4.96. The van der Waals surface area contributed by atoms with Crippen molar-refractivity contribution in [1.29, 1.82) is 0 Å². The standard InChI is InChI=1S/C13H19N3O2/c1-17-13-3-2-10(4-15-13)6-16-7-11-9-18-12(8-16)5-14-11/h2-4,11-12,14H,5-9H2,1H3/t11-,12?/m1/s1. The number of morpholine rings is 1. The Bertz CT molecular complexity index is 374. The van der Waals surface area contributed by atoms with E-state index in [9.17, 15) is 0 Å². The lowest BCUT2D eigenvalue weighted by Gasteiger charge is -2.24. The zero-order valence-corrected chi connectivity index (χ0v) is 10.6. The third-order valence-corrected chi connectivity index (χ3v) is 3.52. The lowest BCUT2D eigenvalue weighted by atomic mass is 10.2. The van der Waals surface area contributed by atoms with Gasteiger partial charge in [0, 0.05) is 44.5 Å². The number of nitrogens with zero attached hydrogens (tertiary/aromatic N) is 2. The number of aromatic nitrogens is 1. The quantitative estimate of drug-likeness (QED) is 0.833. The van der Waals surface area contributed by atoms with Gasteiger partial charge in [0.15, 0.2) is 0 Å². The number of rotatable bonds is 3. The molecule has 0 saturated carbocycles. The van der Waals surface area contributed by atoms with E-state index in [0.717, 1.165) is 32.8 Å². The van der Waals surface area contributed by atoms with Crippen LogP contribution in [-0.4, -0.2) is 55.4 Å². The van der Waals surface area contributed by atoms with Crippen molar-refractivity contribution in [2.45, 2.75) is 18.7 Å². The Labute approximate surface area is 107 Å². The minimum Gasteiger partial charge on any atom is -0.481 e. The average Bonchev–Trinajstić information content (AvgIpc) is 2.72. The third kappa shape index (κ3) is 2.63. The van der Waals surface area contributed by atoms with Crippen LogP contribution in [0.1, 0.15) is 5.56 Å². The fourth-order valence-corrected chi connectivity index (χ4v) is 2.59. The highest BCUT2D eigenvalue weighted by Gasteiger charge is 2.29. The summed E-state index contributed by atoms with van der Waals surface area (Å²) in [5, 5.41) is 3.51. The Morgan fingerprint density at radius 1 is 1.50 bits per heavy atom. The first kappa shape index (κ1) is 11.9. The Balaban J connectivity index is 1.64. The van der Waals surface area contributed by atoms with Crippen LogP contribution in [0.15, 0.2) is 18.3 Å². The summed E-state index contributed by atoms with van der Waals surface area (Å²) in [6.07, 6.45) is 2.22. The lowest BCUT2D eigenvalue weighted by molar-refractivity contribution is 0.0207. The van der Waals surface area contributed by atoms with Crippen molar-refractivity contribution in [3.05, 3.63) is 23.9 Å². The van der Waals surface area contributed by atoms with Crippen molar-refractivity contribution in [3.8, 4) is 5.88 Å². The van der Waals surface area contributed by atoms with Gasteiger partial charge in [-0.15, -0.1) is 0 Å². The Kier molecular flexibility index (Phi) is 3.45. The molecular formula is C13H19N3O2. The van der Waals surface area contributed by atoms with Gasteiger partial charge >= 0.3 is 0 Å². The Morgan fingerprint density at radius 3 is 3.11 bits per heavy atom. The van der Waals surface area contributed by atoms with Gasteiger partial charge in [-0.05, 0) is 5.56 Å². The van der Waals surface area contributed by atoms with Crippen LogP contribution in [0, 0.1) is 0 Å². The fourth-order valence-electron chi connectivity index (χ4n) is 2.59. The van der Waals surface area contributed by atoms with Crippen LogP contribution in [-0.2, 0) is 11.3 Å². The van der Waals surface area contributed by atoms with Crippen LogP contribution in [0.2, 0.25) is 0 Å². The van der Waals surface area contributed by atoms with Crippen LogP contribution >= 0.6 is 0 Å². The van der Waals surface area contributed by atoms with Gasteiger partial charge in [-0.25, -0.2) is 4.98 Å². The maximum absolute atomic E-state index is 5.77. The first-order valence-electron chi connectivity index (χ1n) is 6.40. The van der Waals surface area contributed by atoms with Crippen LogP contribution in [0.4, 0.5) is 0 Å². The summed E-state index contributed by atoms with van der Waals surface area (Å²) in [5.74, 6) is 0.666. The smallest absolute Gasteiger partial charge is 0.212 e. The van der Waals surface area contributed by atoms with Crippen molar-refractivity contribution in [3.63, 3.8) is 0 Å². The highest BCUT2D eigenvalue weighted by Crippen LogP contribution is 2.15. The molecule has 4 heterocycles. The molecule has 2 bridgehead atoms. The van der Waals surface area contributed by atoms with E-state index in [-0.39, 0.29) is 0 Å². The molecule has 3 fully saturated rings. The molecule has 1 N–H and O–H groups in total. The average molecular weight is 249 g/mol. The Hall–Kier alpha value is -1.17. The van der Waals surface area contributed by atoms with Crippen molar-refractivity contribution < 1.29 is 9.47 Å². The van der Waals surface area contributed by atoms with E-state index in [4.69, 9.17) is 9.47 Å². The van der Waals surface area contributed by atoms with E-state index >= 15 is 0 Å². The molecular weight excluding hydrogens is 230 g/mol.